The van der Waals surface area contributed by atoms with Crippen LogP contribution < -0.4 is 4.74 Å². The van der Waals surface area contributed by atoms with Crippen molar-refractivity contribution >= 4 is 10.1 Å². The lowest BCUT2D eigenvalue weighted by Crippen LogP contribution is -2.01. The molecule has 0 fully saturated rings. The number of unbranched alkanes of at least 4 members (excludes halogenated alkanes) is 11. The van der Waals surface area contributed by atoms with Crippen LogP contribution in [-0.2, 0) is 16.5 Å². The Balaban J connectivity index is 1.66. The van der Waals surface area contributed by atoms with E-state index in [1.54, 1.807) is 12.1 Å². The molecule has 2 N–H and O–H groups in total. The average Bonchev–Trinajstić information content (AvgIpc) is 2.75. The lowest BCUT2D eigenvalue weighted by Gasteiger charge is -2.11. The van der Waals surface area contributed by atoms with Gasteiger partial charge < -0.3 is 9.84 Å². The van der Waals surface area contributed by atoms with E-state index < -0.39 is 20.8 Å². The van der Waals surface area contributed by atoms with E-state index in [2.05, 4.69) is 6.92 Å². The Morgan fingerprint density at radius 1 is 0.750 bits per heavy atom. The van der Waals surface area contributed by atoms with E-state index in [0.29, 0.717) is 5.75 Å². The van der Waals surface area contributed by atoms with Gasteiger partial charge in [0.1, 0.15) is 11.5 Å². The zero-order chi connectivity index (χ0) is 23.2. The van der Waals surface area contributed by atoms with Crippen molar-refractivity contribution in [3.05, 3.63) is 48.0 Å². The van der Waals surface area contributed by atoms with Gasteiger partial charge in [-0.25, -0.2) is 0 Å². The molecule has 0 radical (unpaired) electrons. The second-order valence-electron chi connectivity index (χ2n) is 8.46. The van der Waals surface area contributed by atoms with Gasteiger partial charge in [-0.3, -0.25) is 4.55 Å². The van der Waals surface area contributed by atoms with Gasteiger partial charge in [-0.05, 0) is 42.7 Å². The molecule has 2 rings (SSSR count). The van der Waals surface area contributed by atoms with Gasteiger partial charge in [-0.2, -0.15) is 8.42 Å². The largest absolute Gasteiger partial charge is 0.506 e. The van der Waals surface area contributed by atoms with Gasteiger partial charge in [0.05, 0.1) is 0 Å². The molecular formula is C26H38O5S. The molecule has 0 bridgehead atoms. The predicted octanol–water partition coefficient (Wildman–Crippen LogP) is 7.67. The Morgan fingerprint density at radius 2 is 1.28 bits per heavy atom. The second-order valence-corrected chi connectivity index (χ2v) is 9.82. The van der Waals surface area contributed by atoms with Crippen molar-refractivity contribution in [2.45, 2.75) is 95.3 Å². The minimum Gasteiger partial charge on any atom is -0.506 e. The summed E-state index contributed by atoms with van der Waals surface area (Å²) in [6.45, 7) is 2.26. The van der Waals surface area contributed by atoms with Crippen molar-refractivity contribution in [3.63, 3.8) is 0 Å². The lowest BCUT2D eigenvalue weighted by molar-refractivity contribution is 0.415. The summed E-state index contributed by atoms with van der Waals surface area (Å²) in [4.78, 5) is -0.624. The SMILES string of the molecule is CCCCCCCCCCCCCCc1ccc(Oc2cccc(O)c2S(=O)(=O)O)cc1. The van der Waals surface area contributed by atoms with Crippen LogP contribution in [0, 0.1) is 0 Å². The van der Waals surface area contributed by atoms with E-state index in [1.165, 1.54) is 94.4 Å². The first-order valence-corrected chi connectivity index (χ1v) is 13.4. The molecule has 32 heavy (non-hydrogen) atoms. The summed E-state index contributed by atoms with van der Waals surface area (Å²) < 4.78 is 38.0. The summed E-state index contributed by atoms with van der Waals surface area (Å²) in [5, 5.41) is 9.77. The Kier molecular flexibility index (Phi) is 11.6. The minimum atomic E-state index is -4.60. The molecule has 178 valence electrons. The average molecular weight is 463 g/mol. The monoisotopic (exact) mass is 462 g/mol. The zero-order valence-corrected chi connectivity index (χ0v) is 20.1. The molecule has 2 aromatic carbocycles. The van der Waals surface area contributed by atoms with Crippen LogP contribution in [0.4, 0.5) is 0 Å². The van der Waals surface area contributed by atoms with Gasteiger partial charge in [0, 0.05) is 0 Å². The topological polar surface area (TPSA) is 83.8 Å². The molecule has 2 aromatic rings. The van der Waals surface area contributed by atoms with E-state index >= 15 is 0 Å². The summed E-state index contributed by atoms with van der Waals surface area (Å²) in [6, 6.07) is 11.5. The van der Waals surface area contributed by atoms with Crippen molar-refractivity contribution in [1.29, 1.82) is 0 Å². The van der Waals surface area contributed by atoms with Crippen LogP contribution >= 0.6 is 0 Å². The number of aryl methyl sites for hydroxylation is 1. The molecule has 5 nitrogen and oxygen atoms in total. The number of benzene rings is 2. The molecule has 0 amide bonds. The number of hydrogen-bond acceptors (Lipinski definition) is 4. The maximum absolute atomic E-state index is 11.5. The second kappa shape index (κ2) is 14.2. The van der Waals surface area contributed by atoms with E-state index in [9.17, 15) is 18.1 Å². The molecule has 0 aliphatic heterocycles. The van der Waals surface area contributed by atoms with Gasteiger partial charge in [0.25, 0.3) is 0 Å². The van der Waals surface area contributed by atoms with Crippen LogP contribution in [0.15, 0.2) is 47.4 Å². The van der Waals surface area contributed by atoms with Crippen LogP contribution in [0.1, 0.15) is 89.5 Å². The summed E-state index contributed by atoms with van der Waals surface area (Å²) in [5.74, 6) is -0.214. The fourth-order valence-corrected chi connectivity index (χ4v) is 4.56. The van der Waals surface area contributed by atoms with Crippen molar-refractivity contribution in [3.8, 4) is 17.2 Å². The minimum absolute atomic E-state index is 0.110. The van der Waals surface area contributed by atoms with Gasteiger partial charge in [-0.15, -0.1) is 0 Å². The van der Waals surface area contributed by atoms with E-state index in [-0.39, 0.29) is 5.75 Å². The van der Waals surface area contributed by atoms with Crippen molar-refractivity contribution in [2.24, 2.45) is 0 Å². The first kappa shape index (κ1) is 26.2. The molecule has 0 aliphatic carbocycles. The molecule has 0 aliphatic rings. The summed E-state index contributed by atoms with van der Waals surface area (Å²) >= 11 is 0. The molecule has 0 heterocycles. The lowest BCUT2D eigenvalue weighted by atomic mass is 10.0. The predicted molar refractivity (Wildman–Crippen MR) is 129 cm³/mol. The Hall–Kier alpha value is -2.05. The normalized spacial score (nSPS) is 11.6. The number of phenolic OH excluding ortho intramolecular Hbond substituents is 1. The van der Waals surface area contributed by atoms with Gasteiger partial charge in [-0.1, -0.05) is 95.8 Å². The Morgan fingerprint density at radius 3 is 1.81 bits per heavy atom. The van der Waals surface area contributed by atoms with Gasteiger partial charge >= 0.3 is 10.1 Å². The van der Waals surface area contributed by atoms with Crippen LogP contribution in [0.2, 0.25) is 0 Å². The zero-order valence-electron chi connectivity index (χ0n) is 19.3. The van der Waals surface area contributed by atoms with Crippen LogP contribution in [0.3, 0.4) is 0 Å². The quantitative estimate of drug-likeness (QED) is 0.197. The maximum atomic E-state index is 11.5. The summed E-state index contributed by atoms with van der Waals surface area (Å²) in [7, 11) is -4.60. The highest BCUT2D eigenvalue weighted by molar-refractivity contribution is 7.86. The third-order valence-electron chi connectivity index (χ3n) is 5.69. The summed E-state index contributed by atoms with van der Waals surface area (Å²) in [5.41, 5.74) is 1.20. The third-order valence-corrected chi connectivity index (χ3v) is 6.61. The fourth-order valence-electron chi connectivity index (χ4n) is 3.87. The highest BCUT2D eigenvalue weighted by Crippen LogP contribution is 2.35. The highest BCUT2D eigenvalue weighted by Gasteiger charge is 2.22. The Labute approximate surface area is 193 Å². The molecule has 0 atom stereocenters. The number of rotatable bonds is 16. The number of phenols is 1. The smallest absolute Gasteiger partial charge is 0.301 e. The molecule has 0 spiro atoms. The maximum Gasteiger partial charge on any atom is 0.301 e. The summed E-state index contributed by atoms with van der Waals surface area (Å²) in [6.07, 6.45) is 17.0. The molecule has 0 unspecified atom stereocenters. The van der Waals surface area contributed by atoms with Crippen LogP contribution in [0.25, 0.3) is 0 Å². The van der Waals surface area contributed by atoms with Crippen molar-refractivity contribution in [1.82, 2.24) is 0 Å². The fraction of sp³-hybridized carbons (Fsp3) is 0.538. The number of aromatic hydroxyl groups is 1. The molecule has 0 saturated carbocycles. The molecular weight excluding hydrogens is 424 g/mol. The van der Waals surface area contributed by atoms with Crippen molar-refractivity contribution < 1.29 is 22.8 Å². The standard InChI is InChI=1S/C26H38O5S/c1-2-3-4-5-6-7-8-9-10-11-12-13-15-22-18-20-23(21-19-22)31-25-17-14-16-24(27)26(25)32(28,29)30/h14,16-21,27H,2-13,15H2,1H3,(H,28,29,30). The molecule has 0 saturated heterocycles. The number of ether oxygens (including phenoxy) is 1. The van der Waals surface area contributed by atoms with E-state index in [0.717, 1.165) is 12.8 Å². The third kappa shape index (κ3) is 9.61. The molecule has 0 aromatic heterocycles. The van der Waals surface area contributed by atoms with Gasteiger partial charge in [0.2, 0.25) is 0 Å². The number of hydrogen-bond donors (Lipinski definition) is 2. The highest BCUT2D eigenvalue weighted by atomic mass is 32.2. The molecule has 6 heteroatoms. The first-order chi connectivity index (χ1) is 15.4. The van der Waals surface area contributed by atoms with E-state index in [4.69, 9.17) is 4.74 Å². The Bertz CT molecular complexity index is 891. The first-order valence-electron chi connectivity index (χ1n) is 12.0. The van der Waals surface area contributed by atoms with Crippen molar-refractivity contribution in [2.75, 3.05) is 0 Å². The van der Waals surface area contributed by atoms with Gasteiger partial charge in [0.15, 0.2) is 10.6 Å². The van der Waals surface area contributed by atoms with Crippen LogP contribution in [0.5, 0.6) is 17.2 Å². The van der Waals surface area contributed by atoms with E-state index in [1.807, 2.05) is 12.1 Å². The van der Waals surface area contributed by atoms with Crippen LogP contribution in [-0.4, -0.2) is 18.1 Å².